The maximum absolute atomic E-state index is 5.59. The monoisotopic (exact) mass is 246 g/mol. The molecule has 0 unspecified atom stereocenters. The molecule has 1 aromatic rings. The number of nitrogens with two attached hydrogens (primary N) is 2. The SMILES string of the molecule is NCCSc1ccc(N)cc1Br. The Morgan fingerprint density at radius 2 is 2.17 bits per heavy atom. The van der Waals surface area contributed by atoms with Gasteiger partial charge in [0, 0.05) is 27.4 Å². The molecule has 0 amide bonds. The van der Waals surface area contributed by atoms with Gasteiger partial charge in [0.05, 0.1) is 0 Å². The van der Waals surface area contributed by atoms with Crippen molar-refractivity contribution in [1.82, 2.24) is 0 Å². The molecule has 0 saturated heterocycles. The number of hydrogen-bond donors (Lipinski definition) is 2. The van der Waals surface area contributed by atoms with Gasteiger partial charge in [0.15, 0.2) is 0 Å². The summed E-state index contributed by atoms with van der Waals surface area (Å²) in [6.07, 6.45) is 0. The van der Waals surface area contributed by atoms with E-state index in [0.717, 1.165) is 15.9 Å². The first kappa shape index (κ1) is 9.89. The van der Waals surface area contributed by atoms with Crippen LogP contribution in [0.25, 0.3) is 0 Å². The Labute approximate surface area is 84.8 Å². The van der Waals surface area contributed by atoms with Crippen LogP contribution in [0.4, 0.5) is 5.69 Å². The Morgan fingerprint density at radius 3 is 2.75 bits per heavy atom. The second-order valence-electron chi connectivity index (χ2n) is 2.33. The van der Waals surface area contributed by atoms with Crippen LogP contribution in [0.5, 0.6) is 0 Å². The standard InChI is InChI=1S/C8H11BrN2S/c9-7-5-6(11)1-2-8(7)12-4-3-10/h1-2,5H,3-4,10-11H2. The van der Waals surface area contributed by atoms with E-state index in [2.05, 4.69) is 15.9 Å². The molecule has 0 aliphatic heterocycles. The molecule has 66 valence electrons. The third kappa shape index (κ3) is 2.69. The molecule has 0 saturated carbocycles. The maximum Gasteiger partial charge on any atom is 0.0331 e. The molecule has 4 heteroatoms. The number of halogens is 1. The van der Waals surface area contributed by atoms with E-state index in [1.54, 1.807) is 11.8 Å². The summed E-state index contributed by atoms with van der Waals surface area (Å²) in [6, 6.07) is 5.79. The van der Waals surface area contributed by atoms with Gasteiger partial charge in [0.2, 0.25) is 0 Å². The number of anilines is 1. The Morgan fingerprint density at radius 1 is 1.42 bits per heavy atom. The largest absolute Gasteiger partial charge is 0.399 e. The zero-order valence-electron chi connectivity index (χ0n) is 6.59. The van der Waals surface area contributed by atoms with Gasteiger partial charge in [-0.2, -0.15) is 0 Å². The van der Waals surface area contributed by atoms with Gasteiger partial charge in [-0.15, -0.1) is 11.8 Å². The zero-order valence-corrected chi connectivity index (χ0v) is 8.99. The summed E-state index contributed by atoms with van der Waals surface area (Å²) in [5, 5.41) is 0. The van der Waals surface area contributed by atoms with Gasteiger partial charge in [0.1, 0.15) is 0 Å². The minimum absolute atomic E-state index is 0.696. The number of rotatable bonds is 3. The average molecular weight is 247 g/mol. The molecule has 0 aromatic heterocycles. The highest BCUT2D eigenvalue weighted by Gasteiger charge is 1.99. The minimum Gasteiger partial charge on any atom is -0.399 e. The lowest BCUT2D eigenvalue weighted by Crippen LogP contribution is -2.00. The summed E-state index contributed by atoms with van der Waals surface area (Å²) in [6.45, 7) is 0.696. The third-order valence-electron chi connectivity index (χ3n) is 1.33. The van der Waals surface area contributed by atoms with E-state index >= 15 is 0 Å². The van der Waals surface area contributed by atoms with E-state index in [1.165, 1.54) is 4.90 Å². The van der Waals surface area contributed by atoms with Crippen molar-refractivity contribution in [2.24, 2.45) is 5.73 Å². The fourth-order valence-electron chi connectivity index (χ4n) is 0.803. The second-order valence-corrected chi connectivity index (χ2v) is 4.32. The van der Waals surface area contributed by atoms with Crippen LogP contribution in [0.3, 0.4) is 0 Å². The highest BCUT2D eigenvalue weighted by molar-refractivity contribution is 9.10. The quantitative estimate of drug-likeness (QED) is 0.635. The summed E-state index contributed by atoms with van der Waals surface area (Å²) in [5.41, 5.74) is 11.8. The number of hydrogen-bond acceptors (Lipinski definition) is 3. The second kappa shape index (κ2) is 4.74. The normalized spacial score (nSPS) is 10.2. The lowest BCUT2D eigenvalue weighted by Gasteiger charge is -2.03. The van der Waals surface area contributed by atoms with Gasteiger partial charge in [-0.05, 0) is 34.1 Å². The number of benzene rings is 1. The first-order valence-electron chi connectivity index (χ1n) is 3.62. The molecule has 1 rings (SSSR count). The summed E-state index contributed by atoms with van der Waals surface area (Å²) in [7, 11) is 0. The van der Waals surface area contributed by atoms with Crippen molar-refractivity contribution in [3.05, 3.63) is 22.7 Å². The third-order valence-corrected chi connectivity index (χ3v) is 3.36. The Hall–Kier alpha value is -0.190. The van der Waals surface area contributed by atoms with Crippen LogP contribution in [-0.4, -0.2) is 12.3 Å². The van der Waals surface area contributed by atoms with Crippen molar-refractivity contribution in [2.75, 3.05) is 18.0 Å². The summed E-state index contributed by atoms with van der Waals surface area (Å²) in [5.74, 6) is 0.933. The van der Waals surface area contributed by atoms with E-state index in [0.29, 0.717) is 6.54 Å². The molecule has 0 fully saturated rings. The lowest BCUT2D eigenvalue weighted by atomic mass is 10.3. The van der Waals surface area contributed by atoms with Crippen LogP contribution in [0.15, 0.2) is 27.6 Å². The van der Waals surface area contributed by atoms with Crippen LogP contribution in [-0.2, 0) is 0 Å². The van der Waals surface area contributed by atoms with E-state index in [-0.39, 0.29) is 0 Å². The Balaban J connectivity index is 2.72. The molecule has 0 bridgehead atoms. The van der Waals surface area contributed by atoms with Crippen LogP contribution in [0.1, 0.15) is 0 Å². The summed E-state index contributed by atoms with van der Waals surface area (Å²) < 4.78 is 1.04. The van der Waals surface area contributed by atoms with Crippen molar-refractivity contribution in [2.45, 2.75) is 4.90 Å². The van der Waals surface area contributed by atoms with Crippen molar-refractivity contribution < 1.29 is 0 Å². The first-order valence-corrected chi connectivity index (χ1v) is 5.40. The highest BCUT2D eigenvalue weighted by Crippen LogP contribution is 2.28. The maximum atomic E-state index is 5.59. The highest BCUT2D eigenvalue weighted by atomic mass is 79.9. The Kier molecular flexibility index (Phi) is 3.91. The topological polar surface area (TPSA) is 52.0 Å². The fourth-order valence-corrected chi connectivity index (χ4v) is 2.24. The molecule has 0 spiro atoms. The van der Waals surface area contributed by atoms with Crippen LogP contribution >= 0.6 is 27.7 Å². The van der Waals surface area contributed by atoms with Gasteiger partial charge in [-0.1, -0.05) is 0 Å². The van der Waals surface area contributed by atoms with Crippen LogP contribution < -0.4 is 11.5 Å². The number of thioether (sulfide) groups is 1. The van der Waals surface area contributed by atoms with Gasteiger partial charge in [-0.3, -0.25) is 0 Å². The molecule has 0 heterocycles. The summed E-state index contributed by atoms with van der Waals surface area (Å²) >= 11 is 5.16. The molecule has 0 aliphatic rings. The van der Waals surface area contributed by atoms with Crippen molar-refractivity contribution >= 4 is 33.4 Å². The predicted molar refractivity (Wildman–Crippen MR) is 58.3 cm³/mol. The zero-order chi connectivity index (χ0) is 8.97. The van der Waals surface area contributed by atoms with Gasteiger partial charge >= 0.3 is 0 Å². The van der Waals surface area contributed by atoms with Crippen molar-refractivity contribution in [1.29, 1.82) is 0 Å². The molecular weight excluding hydrogens is 236 g/mol. The average Bonchev–Trinajstić information content (AvgIpc) is 2.03. The minimum atomic E-state index is 0.696. The molecule has 4 N–H and O–H groups in total. The predicted octanol–water partition coefficient (Wildman–Crippen LogP) is 2.08. The van der Waals surface area contributed by atoms with Crippen molar-refractivity contribution in [3.63, 3.8) is 0 Å². The van der Waals surface area contributed by atoms with E-state index in [9.17, 15) is 0 Å². The molecule has 0 aliphatic carbocycles. The molecule has 1 aromatic carbocycles. The molecule has 2 nitrogen and oxygen atoms in total. The number of nitrogen functional groups attached to an aromatic ring is 1. The first-order chi connectivity index (χ1) is 5.74. The van der Waals surface area contributed by atoms with E-state index in [4.69, 9.17) is 11.5 Å². The Bertz CT molecular complexity index is 265. The van der Waals surface area contributed by atoms with E-state index < -0.39 is 0 Å². The van der Waals surface area contributed by atoms with Crippen LogP contribution in [0, 0.1) is 0 Å². The van der Waals surface area contributed by atoms with E-state index in [1.807, 2.05) is 18.2 Å². The molecular formula is C8H11BrN2S. The van der Waals surface area contributed by atoms with Gasteiger partial charge in [0.25, 0.3) is 0 Å². The van der Waals surface area contributed by atoms with Crippen molar-refractivity contribution in [3.8, 4) is 0 Å². The smallest absolute Gasteiger partial charge is 0.0331 e. The molecule has 0 radical (unpaired) electrons. The van der Waals surface area contributed by atoms with Gasteiger partial charge < -0.3 is 11.5 Å². The summed E-state index contributed by atoms with van der Waals surface area (Å²) in [4.78, 5) is 1.19. The molecule has 0 atom stereocenters. The fraction of sp³-hybridized carbons (Fsp3) is 0.250. The van der Waals surface area contributed by atoms with Gasteiger partial charge in [-0.25, -0.2) is 0 Å². The van der Waals surface area contributed by atoms with Crippen LogP contribution in [0.2, 0.25) is 0 Å². The lowest BCUT2D eigenvalue weighted by molar-refractivity contribution is 1.15. The molecule has 12 heavy (non-hydrogen) atoms.